The second-order valence-electron chi connectivity index (χ2n) is 5.18. The summed E-state index contributed by atoms with van der Waals surface area (Å²) >= 11 is 5.58. The fraction of sp³-hybridized carbons (Fsp3) is 0.312. The normalized spacial score (nSPS) is 14.8. The van der Waals surface area contributed by atoms with E-state index in [1.807, 2.05) is 24.3 Å². The maximum Gasteiger partial charge on any atom is 0.257 e. The third-order valence-electron chi connectivity index (χ3n) is 3.71. The molecule has 22 heavy (non-hydrogen) atoms. The van der Waals surface area contributed by atoms with Crippen LogP contribution in [0.1, 0.15) is 17.8 Å². The van der Waals surface area contributed by atoms with Gasteiger partial charge in [0, 0.05) is 18.7 Å². The Morgan fingerprint density at radius 2 is 2.05 bits per heavy atom. The van der Waals surface area contributed by atoms with E-state index in [9.17, 15) is 4.79 Å². The average Bonchev–Trinajstić information content (AvgIpc) is 3.01. The number of rotatable bonds is 3. The molecule has 0 N–H and O–H groups in total. The van der Waals surface area contributed by atoms with E-state index < -0.39 is 0 Å². The van der Waals surface area contributed by atoms with Gasteiger partial charge in [-0.3, -0.25) is 4.79 Å². The van der Waals surface area contributed by atoms with Crippen LogP contribution < -0.4 is 0 Å². The summed E-state index contributed by atoms with van der Waals surface area (Å²) in [7, 11) is 0. The molecule has 0 bridgehead atoms. The van der Waals surface area contributed by atoms with Crippen LogP contribution in [0.5, 0.6) is 0 Å². The monoisotopic (exact) mass is 317 g/mol. The molecule has 114 valence electrons. The first-order valence-electron chi connectivity index (χ1n) is 7.11. The Labute approximate surface area is 133 Å². The van der Waals surface area contributed by atoms with Crippen LogP contribution in [0.15, 0.2) is 34.9 Å². The lowest BCUT2D eigenvalue weighted by atomic mass is 9.98. The van der Waals surface area contributed by atoms with Gasteiger partial charge in [-0.05, 0) is 36.6 Å². The molecule has 2 aromatic rings. The van der Waals surface area contributed by atoms with Gasteiger partial charge in [0.2, 0.25) is 5.91 Å². The Hall–Kier alpha value is -2.14. The molecule has 1 aromatic carbocycles. The number of benzene rings is 1. The SMILES string of the molecule is Cc1noc(-c2ccc(C3=CCN(C(=O)CCl)CC3)cc2)n1. The molecule has 6 heteroatoms. The van der Waals surface area contributed by atoms with Gasteiger partial charge in [0.05, 0.1) is 0 Å². The van der Waals surface area contributed by atoms with Crippen LogP contribution in [0.25, 0.3) is 17.0 Å². The maximum absolute atomic E-state index is 11.6. The summed E-state index contributed by atoms with van der Waals surface area (Å²) in [5.41, 5.74) is 3.30. The van der Waals surface area contributed by atoms with Crippen molar-refractivity contribution < 1.29 is 9.32 Å². The number of alkyl halides is 1. The van der Waals surface area contributed by atoms with Gasteiger partial charge >= 0.3 is 0 Å². The number of carbonyl (C=O) groups excluding carboxylic acids is 1. The van der Waals surface area contributed by atoms with E-state index in [0.717, 1.165) is 17.5 Å². The first kappa shape index (κ1) is 14.8. The van der Waals surface area contributed by atoms with Gasteiger partial charge in [-0.1, -0.05) is 23.4 Å². The topological polar surface area (TPSA) is 59.2 Å². The molecule has 0 spiro atoms. The van der Waals surface area contributed by atoms with Crippen molar-refractivity contribution in [3.05, 3.63) is 41.7 Å². The summed E-state index contributed by atoms with van der Waals surface area (Å²) in [6, 6.07) is 8.03. The number of hydrogen-bond donors (Lipinski definition) is 0. The molecule has 1 amide bonds. The van der Waals surface area contributed by atoms with Crippen LogP contribution in [0, 0.1) is 6.92 Å². The van der Waals surface area contributed by atoms with E-state index >= 15 is 0 Å². The van der Waals surface area contributed by atoms with Crippen molar-refractivity contribution in [2.24, 2.45) is 0 Å². The summed E-state index contributed by atoms with van der Waals surface area (Å²) < 4.78 is 5.16. The summed E-state index contributed by atoms with van der Waals surface area (Å²) in [4.78, 5) is 17.5. The van der Waals surface area contributed by atoms with Crippen LogP contribution in [-0.4, -0.2) is 39.9 Å². The van der Waals surface area contributed by atoms with Crippen molar-refractivity contribution in [1.29, 1.82) is 0 Å². The Morgan fingerprint density at radius 1 is 1.32 bits per heavy atom. The fourth-order valence-electron chi connectivity index (χ4n) is 2.48. The minimum absolute atomic E-state index is 0.0147. The molecule has 1 aliphatic rings. The van der Waals surface area contributed by atoms with Gasteiger partial charge in [-0.15, -0.1) is 11.6 Å². The van der Waals surface area contributed by atoms with Crippen molar-refractivity contribution in [3.63, 3.8) is 0 Å². The first-order chi connectivity index (χ1) is 10.7. The highest BCUT2D eigenvalue weighted by molar-refractivity contribution is 6.27. The molecular weight excluding hydrogens is 302 g/mol. The van der Waals surface area contributed by atoms with E-state index in [-0.39, 0.29) is 11.8 Å². The van der Waals surface area contributed by atoms with E-state index in [1.54, 1.807) is 11.8 Å². The minimum Gasteiger partial charge on any atom is -0.338 e. The first-order valence-corrected chi connectivity index (χ1v) is 7.64. The summed E-state index contributed by atoms with van der Waals surface area (Å²) in [5.74, 6) is 1.18. The quantitative estimate of drug-likeness (QED) is 0.817. The Kier molecular flexibility index (Phi) is 4.24. The lowest BCUT2D eigenvalue weighted by Crippen LogP contribution is -2.35. The second kappa shape index (κ2) is 6.32. The number of nitrogens with zero attached hydrogens (tertiary/aromatic N) is 3. The molecule has 3 rings (SSSR count). The number of aromatic nitrogens is 2. The number of halogens is 1. The van der Waals surface area contributed by atoms with E-state index in [4.69, 9.17) is 16.1 Å². The predicted octanol–water partition coefficient (Wildman–Crippen LogP) is 2.90. The number of hydrogen-bond acceptors (Lipinski definition) is 4. The van der Waals surface area contributed by atoms with Crippen molar-refractivity contribution >= 4 is 23.1 Å². The number of aryl methyl sites for hydroxylation is 1. The molecule has 0 fully saturated rings. The van der Waals surface area contributed by atoms with Crippen LogP contribution in [-0.2, 0) is 4.79 Å². The Bertz CT molecular complexity index is 706. The minimum atomic E-state index is -0.0147. The Balaban J connectivity index is 1.74. The zero-order valence-corrected chi connectivity index (χ0v) is 13.0. The van der Waals surface area contributed by atoms with Crippen LogP contribution in [0.2, 0.25) is 0 Å². The lowest BCUT2D eigenvalue weighted by molar-refractivity contribution is -0.128. The molecule has 0 saturated carbocycles. The lowest BCUT2D eigenvalue weighted by Gasteiger charge is -2.26. The van der Waals surface area contributed by atoms with Gasteiger partial charge in [0.25, 0.3) is 5.89 Å². The second-order valence-corrected chi connectivity index (χ2v) is 5.44. The molecule has 1 aliphatic heterocycles. The van der Waals surface area contributed by atoms with Crippen molar-refractivity contribution in [3.8, 4) is 11.5 Å². The van der Waals surface area contributed by atoms with Gasteiger partial charge in [-0.25, -0.2) is 0 Å². The Morgan fingerprint density at radius 3 is 2.59 bits per heavy atom. The number of carbonyl (C=O) groups is 1. The van der Waals surface area contributed by atoms with Crippen molar-refractivity contribution in [2.75, 3.05) is 19.0 Å². The number of amides is 1. The highest BCUT2D eigenvalue weighted by Gasteiger charge is 2.17. The molecule has 1 aromatic heterocycles. The average molecular weight is 318 g/mol. The summed E-state index contributed by atoms with van der Waals surface area (Å²) in [5, 5.41) is 3.79. The zero-order chi connectivity index (χ0) is 15.5. The van der Waals surface area contributed by atoms with Crippen LogP contribution >= 0.6 is 11.6 Å². The van der Waals surface area contributed by atoms with Crippen molar-refractivity contribution in [1.82, 2.24) is 15.0 Å². The van der Waals surface area contributed by atoms with Gasteiger partial charge in [-0.2, -0.15) is 4.98 Å². The summed E-state index contributed by atoms with van der Waals surface area (Å²) in [6.45, 7) is 3.12. The van der Waals surface area contributed by atoms with E-state index in [0.29, 0.717) is 24.8 Å². The molecule has 0 radical (unpaired) electrons. The highest BCUT2D eigenvalue weighted by Crippen LogP contribution is 2.25. The standard InChI is InChI=1S/C16H16ClN3O2/c1-11-18-16(22-19-11)14-4-2-12(3-5-14)13-6-8-20(9-7-13)15(21)10-17/h2-6H,7-10H2,1H3. The maximum atomic E-state index is 11.6. The molecule has 0 unspecified atom stereocenters. The van der Waals surface area contributed by atoms with Gasteiger partial charge in [0.1, 0.15) is 5.88 Å². The fourth-order valence-corrected chi connectivity index (χ4v) is 2.65. The summed E-state index contributed by atoms with van der Waals surface area (Å²) in [6.07, 6.45) is 2.92. The van der Waals surface area contributed by atoms with E-state index in [2.05, 4.69) is 16.2 Å². The third kappa shape index (κ3) is 3.04. The van der Waals surface area contributed by atoms with Crippen molar-refractivity contribution in [2.45, 2.75) is 13.3 Å². The highest BCUT2D eigenvalue weighted by atomic mass is 35.5. The molecule has 0 saturated heterocycles. The van der Waals surface area contributed by atoms with Gasteiger partial charge < -0.3 is 9.42 Å². The third-order valence-corrected chi connectivity index (χ3v) is 3.93. The molecule has 2 heterocycles. The van der Waals surface area contributed by atoms with Crippen LogP contribution in [0.4, 0.5) is 0 Å². The molecular formula is C16H16ClN3O2. The van der Waals surface area contributed by atoms with E-state index in [1.165, 1.54) is 5.57 Å². The predicted molar refractivity (Wildman–Crippen MR) is 84.4 cm³/mol. The largest absolute Gasteiger partial charge is 0.338 e. The van der Waals surface area contributed by atoms with Crippen LogP contribution in [0.3, 0.4) is 0 Å². The smallest absolute Gasteiger partial charge is 0.257 e. The molecule has 0 aliphatic carbocycles. The van der Waals surface area contributed by atoms with Gasteiger partial charge in [0.15, 0.2) is 5.82 Å². The molecule has 0 atom stereocenters. The zero-order valence-electron chi connectivity index (χ0n) is 12.3. The molecule has 5 nitrogen and oxygen atoms in total.